The number of rotatable bonds is 4. The third kappa shape index (κ3) is 4.79. The predicted octanol–water partition coefficient (Wildman–Crippen LogP) is 5.78. The van der Waals surface area contributed by atoms with E-state index in [2.05, 4.69) is 12.3 Å². The average molecular weight is 524 g/mol. The van der Waals surface area contributed by atoms with Crippen LogP contribution in [0.2, 0.25) is 10.0 Å². The number of aromatic nitrogens is 2. The first kappa shape index (κ1) is 25.3. The molecule has 182 valence electrons. The van der Waals surface area contributed by atoms with Gasteiger partial charge in [-0.3, -0.25) is 10.2 Å². The fourth-order valence-electron chi connectivity index (χ4n) is 4.76. The zero-order chi connectivity index (χ0) is 24.8. The van der Waals surface area contributed by atoms with Crippen molar-refractivity contribution in [1.82, 2.24) is 20.2 Å². The van der Waals surface area contributed by atoms with E-state index in [0.29, 0.717) is 39.4 Å². The number of amides is 1. The Morgan fingerprint density at radius 3 is 2.68 bits per heavy atom. The van der Waals surface area contributed by atoms with Crippen LogP contribution in [-0.4, -0.2) is 44.0 Å². The molecule has 0 spiro atoms. The number of hydrogen-bond acceptors (Lipinski definition) is 4. The Labute approximate surface area is 215 Å². The Balaban J connectivity index is 1.76. The number of hydrazine groups is 1. The Morgan fingerprint density at radius 2 is 2.00 bits per heavy atom. The number of piperidine rings is 1. The molecule has 2 heterocycles. The Kier molecular flexibility index (Phi) is 7.19. The first-order chi connectivity index (χ1) is 16.0. The molecule has 1 fully saturated rings. The van der Waals surface area contributed by atoms with E-state index < -0.39 is 5.60 Å². The molecule has 2 N–H and O–H groups in total. The quantitative estimate of drug-likeness (QED) is 0.533. The average Bonchev–Trinajstić information content (AvgIpc) is 3.08. The van der Waals surface area contributed by atoms with Gasteiger partial charge in [0.05, 0.1) is 28.0 Å². The van der Waals surface area contributed by atoms with Gasteiger partial charge in [-0.2, -0.15) is 5.10 Å². The number of allylic oxidation sites excluding steroid dienone is 4. The lowest BCUT2D eigenvalue weighted by Gasteiger charge is -2.43. The highest BCUT2D eigenvalue weighted by Gasteiger charge is 2.38. The summed E-state index contributed by atoms with van der Waals surface area (Å²) in [6.07, 6.45) is 7.36. The van der Waals surface area contributed by atoms with Gasteiger partial charge in [-0.05, 0) is 63.8 Å². The van der Waals surface area contributed by atoms with Gasteiger partial charge in [-0.25, -0.2) is 9.69 Å². The van der Waals surface area contributed by atoms with Crippen molar-refractivity contribution in [2.45, 2.75) is 58.1 Å². The van der Waals surface area contributed by atoms with Crippen LogP contribution in [0.5, 0.6) is 0 Å². The summed E-state index contributed by atoms with van der Waals surface area (Å²) >= 11 is 18.9. The minimum absolute atomic E-state index is 0.0575. The second-order valence-electron chi connectivity index (χ2n) is 9.43. The first-order valence-electron chi connectivity index (χ1n) is 11.4. The second-order valence-corrected chi connectivity index (χ2v) is 10.7. The molecule has 34 heavy (non-hydrogen) atoms. The summed E-state index contributed by atoms with van der Waals surface area (Å²) in [5, 5.41) is 18.8. The Bertz CT molecular complexity index is 1170. The SMILES string of the molecule is Cc1c(C(=O)NN2CCCC(C)(O)C2C)nn(-c2ccc(Cl)cc2Cl)c1C1C=CC(Cl)=CC1C. The molecular formula is C25H29Cl3N4O2. The minimum atomic E-state index is -0.879. The molecule has 4 rings (SSSR count). The molecule has 2 aromatic rings. The standard InChI is InChI=1S/C25H29Cl3N4O2/c1-14-12-17(26)6-8-19(14)23-15(2)22(29-32(23)21-9-7-18(27)13-20(21)28)24(33)30-31-11-5-10-25(4,34)16(31)3/h6-9,12-14,16,19,34H,5,10-11H2,1-4H3,(H,30,33). The normalized spacial score (nSPS) is 27.5. The van der Waals surface area contributed by atoms with E-state index in [1.54, 1.807) is 34.8 Å². The van der Waals surface area contributed by atoms with Gasteiger partial charge in [0, 0.05) is 28.1 Å². The lowest BCUT2D eigenvalue weighted by atomic mass is 9.85. The highest BCUT2D eigenvalue weighted by Crippen LogP contribution is 2.38. The summed E-state index contributed by atoms with van der Waals surface area (Å²) in [4.78, 5) is 13.4. The number of carbonyl (C=O) groups is 1. The van der Waals surface area contributed by atoms with Crippen molar-refractivity contribution >= 4 is 40.7 Å². The molecule has 0 bridgehead atoms. The molecule has 1 aliphatic heterocycles. The molecule has 1 saturated heterocycles. The summed E-state index contributed by atoms with van der Waals surface area (Å²) < 4.78 is 1.73. The molecule has 1 aromatic carbocycles. The van der Waals surface area contributed by atoms with E-state index >= 15 is 0 Å². The summed E-state index contributed by atoms with van der Waals surface area (Å²) in [5.74, 6) is -0.294. The van der Waals surface area contributed by atoms with Gasteiger partial charge in [0.15, 0.2) is 5.69 Å². The van der Waals surface area contributed by atoms with E-state index in [1.807, 2.05) is 32.1 Å². The van der Waals surface area contributed by atoms with E-state index in [0.717, 1.165) is 17.7 Å². The lowest BCUT2D eigenvalue weighted by molar-refractivity contribution is -0.0745. The Morgan fingerprint density at radius 1 is 1.26 bits per heavy atom. The van der Waals surface area contributed by atoms with Crippen LogP contribution >= 0.6 is 34.8 Å². The fourth-order valence-corrected chi connectivity index (χ4v) is 5.52. The van der Waals surface area contributed by atoms with Gasteiger partial charge < -0.3 is 5.11 Å². The van der Waals surface area contributed by atoms with Crippen LogP contribution in [0.3, 0.4) is 0 Å². The van der Waals surface area contributed by atoms with Crippen molar-refractivity contribution in [3.63, 3.8) is 0 Å². The number of nitrogens with one attached hydrogen (secondary N) is 1. The minimum Gasteiger partial charge on any atom is -0.388 e. The molecule has 1 aromatic heterocycles. The number of carbonyl (C=O) groups excluding carboxylic acids is 1. The maximum atomic E-state index is 13.4. The molecule has 0 radical (unpaired) electrons. The second kappa shape index (κ2) is 9.67. The van der Waals surface area contributed by atoms with Gasteiger partial charge in [-0.1, -0.05) is 53.9 Å². The van der Waals surface area contributed by atoms with Crippen molar-refractivity contribution in [3.8, 4) is 5.69 Å². The van der Waals surface area contributed by atoms with Gasteiger partial charge in [-0.15, -0.1) is 0 Å². The van der Waals surface area contributed by atoms with E-state index in [9.17, 15) is 9.90 Å². The fraction of sp³-hybridized carbons (Fsp3) is 0.440. The Hall–Kier alpha value is -1.83. The summed E-state index contributed by atoms with van der Waals surface area (Å²) in [6, 6.07) is 4.98. The first-order valence-corrected chi connectivity index (χ1v) is 12.5. The zero-order valence-electron chi connectivity index (χ0n) is 19.6. The van der Waals surface area contributed by atoms with Gasteiger partial charge in [0.2, 0.25) is 0 Å². The van der Waals surface area contributed by atoms with Crippen LogP contribution in [0.25, 0.3) is 5.69 Å². The highest BCUT2D eigenvalue weighted by molar-refractivity contribution is 6.35. The van der Waals surface area contributed by atoms with Crippen LogP contribution in [0.1, 0.15) is 61.3 Å². The van der Waals surface area contributed by atoms with E-state index in [4.69, 9.17) is 39.9 Å². The molecule has 9 heteroatoms. The van der Waals surface area contributed by atoms with Crippen molar-refractivity contribution in [2.75, 3.05) is 6.54 Å². The largest absolute Gasteiger partial charge is 0.388 e. The third-order valence-electron chi connectivity index (χ3n) is 6.98. The molecule has 2 aliphatic rings. The van der Waals surface area contributed by atoms with Crippen LogP contribution in [0, 0.1) is 12.8 Å². The molecule has 4 unspecified atom stereocenters. The van der Waals surface area contributed by atoms with E-state index in [1.165, 1.54) is 0 Å². The molecule has 4 atom stereocenters. The molecular weight excluding hydrogens is 495 g/mol. The van der Waals surface area contributed by atoms with Crippen molar-refractivity contribution in [1.29, 1.82) is 0 Å². The maximum absolute atomic E-state index is 13.4. The molecule has 6 nitrogen and oxygen atoms in total. The van der Waals surface area contributed by atoms with Gasteiger partial charge >= 0.3 is 0 Å². The van der Waals surface area contributed by atoms with Crippen molar-refractivity contribution in [3.05, 3.63) is 68.5 Å². The van der Waals surface area contributed by atoms with Crippen molar-refractivity contribution < 1.29 is 9.90 Å². The summed E-state index contributed by atoms with van der Waals surface area (Å²) in [5.41, 5.74) is 4.65. The zero-order valence-corrected chi connectivity index (χ0v) is 21.9. The predicted molar refractivity (Wildman–Crippen MR) is 137 cm³/mol. The number of halogens is 3. The summed E-state index contributed by atoms with van der Waals surface area (Å²) in [7, 11) is 0. The molecule has 0 saturated carbocycles. The highest BCUT2D eigenvalue weighted by atomic mass is 35.5. The van der Waals surface area contributed by atoms with Gasteiger partial charge in [0.1, 0.15) is 0 Å². The van der Waals surface area contributed by atoms with Crippen molar-refractivity contribution in [2.24, 2.45) is 5.92 Å². The monoisotopic (exact) mass is 522 g/mol. The number of hydrogen-bond donors (Lipinski definition) is 2. The van der Waals surface area contributed by atoms with Crippen LogP contribution in [0.15, 0.2) is 41.5 Å². The third-order valence-corrected chi connectivity index (χ3v) is 7.77. The van der Waals surface area contributed by atoms with Crippen LogP contribution in [-0.2, 0) is 0 Å². The lowest BCUT2D eigenvalue weighted by Crippen LogP contribution is -2.59. The topological polar surface area (TPSA) is 70.4 Å². The van der Waals surface area contributed by atoms with Gasteiger partial charge in [0.25, 0.3) is 5.91 Å². The van der Waals surface area contributed by atoms with Crippen LogP contribution < -0.4 is 5.43 Å². The molecule has 1 amide bonds. The maximum Gasteiger partial charge on any atom is 0.286 e. The van der Waals surface area contributed by atoms with Crippen LogP contribution in [0.4, 0.5) is 0 Å². The molecule has 1 aliphatic carbocycles. The smallest absolute Gasteiger partial charge is 0.286 e. The van der Waals surface area contributed by atoms with E-state index in [-0.39, 0.29) is 23.8 Å². The number of benzene rings is 1. The number of nitrogens with zero attached hydrogens (tertiary/aromatic N) is 3. The summed E-state index contributed by atoms with van der Waals surface area (Å²) in [6.45, 7) is 8.34. The number of aliphatic hydroxyl groups is 1.